The fraction of sp³-hybridized carbons (Fsp3) is 0.464. The average molecular weight is 477 g/mol. The highest BCUT2D eigenvalue weighted by molar-refractivity contribution is 5.87. The van der Waals surface area contributed by atoms with Gasteiger partial charge in [0, 0.05) is 18.0 Å². The van der Waals surface area contributed by atoms with Crippen LogP contribution >= 0.6 is 0 Å². The summed E-state index contributed by atoms with van der Waals surface area (Å²) in [5.74, 6) is -0.752. The number of ether oxygens (including phenoxy) is 1. The molecule has 0 aromatic heterocycles. The zero-order valence-electron chi connectivity index (χ0n) is 20.1. The van der Waals surface area contributed by atoms with Crippen molar-refractivity contribution in [1.82, 2.24) is 10.6 Å². The fourth-order valence-corrected chi connectivity index (χ4v) is 6.05. The van der Waals surface area contributed by atoms with Crippen molar-refractivity contribution >= 4 is 18.0 Å². The molecule has 2 fully saturated rings. The van der Waals surface area contributed by atoms with Crippen molar-refractivity contribution in [2.75, 3.05) is 6.61 Å². The Labute approximate surface area is 205 Å². The van der Waals surface area contributed by atoms with Crippen LogP contribution in [-0.4, -0.2) is 41.8 Å². The lowest BCUT2D eigenvalue weighted by Crippen LogP contribution is -2.44. The van der Waals surface area contributed by atoms with Gasteiger partial charge in [-0.1, -0.05) is 62.4 Å². The molecule has 184 valence electrons. The first-order valence-electron chi connectivity index (χ1n) is 12.4. The number of carbonyl (C=O) groups excluding carboxylic acids is 2. The first kappa shape index (κ1) is 23.4. The van der Waals surface area contributed by atoms with Crippen LogP contribution in [0.4, 0.5) is 4.79 Å². The van der Waals surface area contributed by atoms with E-state index in [0.717, 1.165) is 12.8 Å². The third kappa shape index (κ3) is 4.40. The summed E-state index contributed by atoms with van der Waals surface area (Å²) in [5, 5.41) is 15.1. The van der Waals surface area contributed by atoms with Gasteiger partial charge < -0.3 is 20.5 Å². The molecule has 2 aromatic carbocycles. The summed E-state index contributed by atoms with van der Waals surface area (Å²) in [4.78, 5) is 36.8. The molecule has 7 heteroatoms. The maximum atomic E-state index is 13.0. The lowest BCUT2D eigenvalue weighted by molar-refractivity contribution is -0.138. The summed E-state index contributed by atoms with van der Waals surface area (Å²) in [7, 11) is 0. The monoisotopic (exact) mass is 476 g/mol. The van der Waals surface area contributed by atoms with Crippen molar-refractivity contribution in [3.05, 3.63) is 59.7 Å². The maximum absolute atomic E-state index is 13.0. The largest absolute Gasteiger partial charge is 0.481 e. The van der Waals surface area contributed by atoms with Crippen LogP contribution in [0.3, 0.4) is 0 Å². The van der Waals surface area contributed by atoms with E-state index >= 15 is 0 Å². The van der Waals surface area contributed by atoms with Crippen molar-refractivity contribution in [3.8, 4) is 11.1 Å². The standard InChI is InChI=1S/C28H32N2O5/c1-16(2)24(12-25(31)32)30-26(33)28-13-17(28)11-18(14-28)29-27(34)35-15-23-21-9-5-3-7-19(21)20-8-4-6-10-22(20)23/h3-10,16-18,23-24H,11-15H2,1-2H3,(H,29,34)(H,30,33)(H,31,32)/t17-,18+,24-,28+/m0/s1. The Hall–Kier alpha value is -3.35. The number of fused-ring (bicyclic) bond motifs is 4. The first-order valence-corrected chi connectivity index (χ1v) is 12.4. The second kappa shape index (κ2) is 9.02. The van der Waals surface area contributed by atoms with E-state index in [2.05, 4.69) is 34.9 Å². The summed E-state index contributed by atoms with van der Waals surface area (Å²) in [6.07, 6.45) is 1.54. The highest BCUT2D eigenvalue weighted by atomic mass is 16.5. The molecule has 35 heavy (non-hydrogen) atoms. The molecule has 0 bridgehead atoms. The molecule has 3 aliphatic rings. The predicted molar refractivity (Wildman–Crippen MR) is 131 cm³/mol. The molecule has 0 unspecified atom stereocenters. The van der Waals surface area contributed by atoms with Gasteiger partial charge in [-0.3, -0.25) is 9.59 Å². The van der Waals surface area contributed by atoms with E-state index in [1.54, 1.807) is 0 Å². The summed E-state index contributed by atoms with van der Waals surface area (Å²) in [6, 6.07) is 15.9. The van der Waals surface area contributed by atoms with Gasteiger partial charge in [0.15, 0.2) is 0 Å². The number of alkyl carbamates (subject to hydrolysis) is 1. The van der Waals surface area contributed by atoms with Gasteiger partial charge in [-0.05, 0) is 53.4 Å². The molecule has 0 aliphatic heterocycles. The number of carboxylic acid groups (broad SMARTS) is 1. The van der Waals surface area contributed by atoms with Gasteiger partial charge in [0.25, 0.3) is 0 Å². The number of amides is 2. The number of rotatable bonds is 8. The zero-order chi connectivity index (χ0) is 24.7. The van der Waals surface area contributed by atoms with Gasteiger partial charge in [-0.15, -0.1) is 0 Å². The van der Waals surface area contributed by atoms with E-state index in [1.807, 2.05) is 38.1 Å². The van der Waals surface area contributed by atoms with E-state index in [-0.39, 0.29) is 42.7 Å². The molecule has 3 N–H and O–H groups in total. The fourth-order valence-electron chi connectivity index (χ4n) is 6.05. The Morgan fingerprint density at radius 3 is 2.26 bits per heavy atom. The van der Waals surface area contributed by atoms with Crippen molar-refractivity contribution in [1.29, 1.82) is 0 Å². The van der Waals surface area contributed by atoms with Crippen LogP contribution in [0.1, 0.15) is 56.6 Å². The molecular weight excluding hydrogens is 444 g/mol. The van der Waals surface area contributed by atoms with Gasteiger partial charge in [0.2, 0.25) is 5.91 Å². The highest BCUT2D eigenvalue weighted by Crippen LogP contribution is 2.63. The third-order valence-corrected chi connectivity index (χ3v) is 8.05. The molecule has 0 radical (unpaired) electrons. The SMILES string of the molecule is CC(C)[C@H](CC(=O)O)NC(=O)[C@]12C[C@H](NC(=O)OCC3c4ccccc4-c4ccccc43)C[C@H]1C2. The van der Waals surface area contributed by atoms with Crippen LogP contribution in [0, 0.1) is 17.3 Å². The van der Waals surface area contributed by atoms with Crippen LogP contribution in [-0.2, 0) is 14.3 Å². The van der Waals surface area contributed by atoms with E-state index in [9.17, 15) is 14.4 Å². The Bertz CT molecular complexity index is 1120. The summed E-state index contributed by atoms with van der Waals surface area (Å²) in [5.41, 5.74) is 4.21. The van der Waals surface area contributed by atoms with Crippen LogP contribution in [0.2, 0.25) is 0 Å². The van der Waals surface area contributed by atoms with Crippen molar-refractivity contribution in [2.45, 2.75) is 57.5 Å². The minimum absolute atomic E-state index is 0.00412. The molecule has 5 rings (SSSR count). The van der Waals surface area contributed by atoms with Crippen LogP contribution in [0.15, 0.2) is 48.5 Å². The van der Waals surface area contributed by atoms with Gasteiger partial charge >= 0.3 is 12.1 Å². The number of hydrogen-bond acceptors (Lipinski definition) is 4. The van der Waals surface area contributed by atoms with E-state index < -0.39 is 23.5 Å². The van der Waals surface area contributed by atoms with Crippen molar-refractivity contribution in [2.24, 2.45) is 17.3 Å². The number of carboxylic acids is 1. The summed E-state index contributed by atoms with van der Waals surface area (Å²) >= 11 is 0. The topological polar surface area (TPSA) is 105 Å². The Morgan fingerprint density at radius 1 is 1.03 bits per heavy atom. The maximum Gasteiger partial charge on any atom is 0.407 e. The third-order valence-electron chi connectivity index (χ3n) is 8.05. The smallest absolute Gasteiger partial charge is 0.407 e. The molecule has 0 saturated heterocycles. The van der Waals surface area contributed by atoms with Gasteiger partial charge in [-0.2, -0.15) is 0 Å². The number of aliphatic carboxylic acids is 1. The molecule has 7 nitrogen and oxygen atoms in total. The number of carbonyl (C=O) groups is 3. The molecule has 0 spiro atoms. The minimum Gasteiger partial charge on any atom is -0.481 e. The lowest BCUT2D eigenvalue weighted by Gasteiger charge is -2.24. The second-order valence-corrected chi connectivity index (χ2v) is 10.6. The van der Waals surface area contributed by atoms with Gasteiger partial charge in [-0.25, -0.2) is 4.79 Å². The quantitative estimate of drug-likeness (QED) is 0.527. The Balaban J connectivity index is 1.16. The molecule has 0 heterocycles. The lowest BCUT2D eigenvalue weighted by atomic mass is 9.96. The summed E-state index contributed by atoms with van der Waals surface area (Å²) in [6.45, 7) is 4.07. The van der Waals surface area contributed by atoms with Crippen molar-refractivity contribution < 1.29 is 24.2 Å². The summed E-state index contributed by atoms with van der Waals surface area (Å²) < 4.78 is 5.67. The Morgan fingerprint density at radius 2 is 1.66 bits per heavy atom. The van der Waals surface area contributed by atoms with Crippen LogP contribution < -0.4 is 10.6 Å². The van der Waals surface area contributed by atoms with Crippen LogP contribution in [0.25, 0.3) is 11.1 Å². The first-order chi connectivity index (χ1) is 16.8. The van der Waals surface area contributed by atoms with E-state index in [0.29, 0.717) is 6.42 Å². The highest BCUT2D eigenvalue weighted by Gasteiger charge is 2.65. The molecule has 4 atom stereocenters. The number of hydrogen-bond donors (Lipinski definition) is 3. The Kier molecular flexibility index (Phi) is 6.03. The van der Waals surface area contributed by atoms with Gasteiger partial charge in [0.05, 0.1) is 11.8 Å². The molecule has 2 amide bonds. The normalized spacial score (nSPS) is 24.8. The predicted octanol–water partition coefficient (Wildman–Crippen LogP) is 4.31. The van der Waals surface area contributed by atoms with Gasteiger partial charge in [0.1, 0.15) is 6.61 Å². The second-order valence-electron chi connectivity index (χ2n) is 10.6. The number of nitrogens with one attached hydrogen (secondary N) is 2. The minimum atomic E-state index is -0.921. The molecule has 3 aliphatic carbocycles. The van der Waals surface area contributed by atoms with Crippen molar-refractivity contribution in [3.63, 3.8) is 0 Å². The van der Waals surface area contributed by atoms with E-state index in [4.69, 9.17) is 9.84 Å². The molecule has 2 aromatic rings. The van der Waals surface area contributed by atoms with E-state index in [1.165, 1.54) is 22.3 Å². The molecular formula is C28H32N2O5. The zero-order valence-corrected chi connectivity index (χ0v) is 20.1. The number of benzene rings is 2. The van der Waals surface area contributed by atoms with Crippen LogP contribution in [0.5, 0.6) is 0 Å². The average Bonchev–Trinajstić information content (AvgIpc) is 3.25. The molecule has 2 saturated carbocycles.